The molecule has 1 aromatic carbocycles. The number of amides is 1. The summed E-state index contributed by atoms with van der Waals surface area (Å²) in [6.45, 7) is 5.17. The maximum absolute atomic E-state index is 12.7. The van der Waals surface area contributed by atoms with Gasteiger partial charge in [0.2, 0.25) is 0 Å². The van der Waals surface area contributed by atoms with E-state index in [0.717, 1.165) is 37.7 Å². The van der Waals surface area contributed by atoms with E-state index in [0.29, 0.717) is 24.2 Å². The van der Waals surface area contributed by atoms with Gasteiger partial charge < -0.3 is 9.47 Å². The molecule has 6 heteroatoms. The average molecular weight is 335 g/mol. The van der Waals surface area contributed by atoms with E-state index >= 15 is 0 Å². The number of hydrogen-bond donors (Lipinski definition) is 0. The molecule has 0 saturated carbocycles. The second kappa shape index (κ2) is 6.69. The number of benzene rings is 1. The minimum Gasteiger partial charge on any atom is -0.331 e. The highest BCUT2D eigenvalue weighted by atomic mass is 16.2. The number of rotatable bonds is 3. The SMILES string of the molecule is N#Cc1cccc(C(=O)N2CCn3cc(CN4CCCC4)nc3C2)c1. The first kappa shape index (κ1) is 15.9. The van der Waals surface area contributed by atoms with Crippen LogP contribution in [0.25, 0.3) is 0 Å². The Bertz CT molecular complexity index is 829. The molecule has 3 heterocycles. The molecule has 1 amide bonds. The second-order valence-corrected chi connectivity index (χ2v) is 6.74. The molecule has 0 aliphatic carbocycles. The van der Waals surface area contributed by atoms with Crippen molar-refractivity contribution in [2.24, 2.45) is 0 Å². The van der Waals surface area contributed by atoms with E-state index in [9.17, 15) is 4.79 Å². The van der Waals surface area contributed by atoms with Crippen LogP contribution in [0.2, 0.25) is 0 Å². The normalized spacial score (nSPS) is 17.3. The van der Waals surface area contributed by atoms with Crippen LogP contribution in [0.4, 0.5) is 0 Å². The Morgan fingerprint density at radius 3 is 2.84 bits per heavy atom. The van der Waals surface area contributed by atoms with E-state index in [1.54, 1.807) is 24.3 Å². The molecule has 0 spiro atoms. The van der Waals surface area contributed by atoms with Crippen LogP contribution in [-0.2, 0) is 19.6 Å². The standard InChI is InChI=1S/C19H21N5O/c20-11-15-4-3-5-16(10-15)19(25)24-9-8-23-13-17(21-18(23)14-24)12-22-6-1-2-7-22/h3-5,10,13H,1-2,6-9,12,14H2. The van der Waals surface area contributed by atoms with Crippen LogP contribution < -0.4 is 0 Å². The van der Waals surface area contributed by atoms with Crippen molar-refractivity contribution < 1.29 is 4.79 Å². The smallest absolute Gasteiger partial charge is 0.254 e. The average Bonchev–Trinajstić information content (AvgIpc) is 3.29. The van der Waals surface area contributed by atoms with Gasteiger partial charge in [-0.25, -0.2) is 4.98 Å². The van der Waals surface area contributed by atoms with Gasteiger partial charge in [0.25, 0.3) is 5.91 Å². The summed E-state index contributed by atoms with van der Waals surface area (Å²) in [4.78, 5) is 21.7. The number of fused-ring (bicyclic) bond motifs is 1. The molecule has 1 saturated heterocycles. The molecule has 6 nitrogen and oxygen atoms in total. The van der Waals surface area contributed by atoms with E-state index in [1.807, 2.05) is 4.90 Å². The summed E-state index contributed by atoms with van der Waals surface area (Å²) in [7, 11) is 0. The van der Waals surface area contributed by atoms with Crippen molar-refractivity contribution in [1.82, 2.24) is 19.4 Å². The van der Waals surface area contributed by atoms with Crippen LogP contribution in [0, 0.1) is 11.3 Å². The molecule has 0 bridgehead atoms. The number of aromatic nitrogens is 2. The van der Waals surface area contributed by atoms with E-state index in [4.69, 9.17) is 10.2 Å². The zero-order chi connectivity index (χ0) is 17.2. The second-order valence-electron chi connectivity index (χ2n) is 6.74. The molecule has 2 aliphatic rings. The van der Waals surface area contributed by atoms with Crippen molar-refractivity contribution in [2.45, 2.75) is 32.5 Å². The highest BCUT2D eigenvalue weighted by Gasteiger charge is 2.24. The van der Waals surface area contributed by atoms with E-state index in [2.05, 4.69) is 21.7 Å². The van der Waals surface area contributed by atoms with Gasteiger partial charge in [-0.15, -0.1) is 0 Å². The lowest BCUT2D eigenvalue weighted by Crippen LogP contribution is -2.38. The number of carbonyl (C=O) groups is 1. The van der Waals surface area contributed by atoms with Crippen LogP contribution in [0.5, 0.6) is 0 Å². The van der Waals surface area contributed by atoms with Crippen molar-refractivity contribution in [3.05, 3.63) is 53.1 Å². The lowest BCUT2D eigenvalue weighted by atomic mass is 10.1. The van der Waals surface area contributed by atoms with E-state index in [-0.39, 0.29) is 5.91 Å². The molecule has 1 aromatic heterocycles. The quantitative estimate of drug-likeness (QED) is 0.861. The third-order valence-electron chi connectivity index (χ3n) is 4.96. The topological polar surface area (TPSA) is 65.2 Å². The van der Waals surface area contributed by atoms with Gasteiger partial charge in [0.15, 0.2) is 0 Å². The highest BCUT2D eigenvalue weighted by molar-refractivity contribution is 5.94. The minimum absolute atomic E-state index is 0.0348. The van der Waals surface area contributed by atoms with Crippen LogP contribution in [0.1, 0.15) is 40.3 Å². The van der Waals surface area contributed by atoms with Crippen molar-refractivity contribution >= 4 is 5.91 Å². The van der Waals surface area contributed by atoms with Gasteiger partial charge in [-0.2, -0.15) is 5.26 Å². The molecule has 128 valence electrons. The maximum Gasteiger partial charge on any atom is 0.254 e. The minimum atomic E-state index is -0.0348. The summed E-state index contributed by atoms with van der Waals surface area (Å²) < 4.78 is 2.17. The van der Waals surface area contributed by atoms with Gasteiger partial charge in [0, 0.05) is 31.4 Å². The Hall–Kier alpha value is -2.65. The van der Waals surface area contributed by atoms with Crippen molar-refractivity contribution in [1.29, 1.82) is 5.26 Å². The summed E-state index contributed by atoms with van der Waals surface area (Å²) >= 11 is 0. The highest BCUT2D eigenvalue weighted by Crippen LogP contribution is 2.18. The number of hydrogen-bond acceptors (Lipinski definition) is 4. The maximum atomic E-state index is 12.7. The zero-order valence-corrected chi connectivity index (χ0v) is 14.2. The zero-order valence-electron chi connectivity index (χ0n) is 14.2. The number of nitrogens with zero attached hydrogens (tertiary/aromatic N) is 5. The molecular weight excluding hydrogens is 314 g/mol. The van der Waals surface area contributed by atoms with Crippen molar-refractivity contribution in [3.8, 4) is 6.07 Å². The molecule has 0 radical (unpaired) electrons. The van der Waals surface area contributed by atoms with Gasteiger partial charge in [0.1, 0.15) is 5.82 Å². The number of nitriles is 1. The Kier molecular flexibility index (Phi) is 4.24. The first-order valence-corrected chi connectivity index (χ1v) is 8.79. The summed E-state index contributed by atoms with van der Waals surface area (Å²) in [6, 6.07) is 8.98. The van der Waals surface area contributed by atoms with E-state index in [1.165, 1.54) is 12.8 Å². The molecule has 1 fully saturated rings. The monoisotopic (exact) mass is 335 g/mol. The van der Waals surface area contributed by atoms with Crippen molar-refractivity contribution in [2.75, 3.05) is 19.6 Å². The molecule has 2 aliphatic heterocycles. The molecule has 0 N–H and O–H groups in total. The molecular formula is C19H21N5O. The number of carbonyl (C=O) groups excluding carboxylic acids is 1. The predicted octanol–water partition coefficient (Wildman–Crippen LogP) is 2.01. The molecule has 0 atom stereocenters. The fourth-order valence-electron chi connectivity index (χ4n) is 3.63. The summed E-state index contributed by atoms with van der Waals surface area (Å²) in [5.41, 5.74) is 2.17. The summed E-state index contributed by atoms with van der Waals surface area (Å²) in [5, 5.41) is 9.01. The number of imidazole rings is 1. The van der Waals surface area contributed by atoms with Gasteiger partial charge >= 0.3 is 0 Å². The predicted molar refractivity (Wildman–Crippen MR) is 92.6 cm³/mol. The van der Waals surface area contributed by atoms with Crippen LogP contribution in [-0.4, -0.2) is 44.9 Å². The number of likely N-dealkylation sites (tertiary alicyclic amines) is 1. The van der Waals surface area contributed by atoms with Gasteiger partial charge in [0.05, 0.1) is 23.9 Å². The third kappa shape index (κ3) is 3.28. The lowest BCUT2D eigenvalue weighted by molar-refractivity contribution is 0.0707. The van der Waals surface area contributed by atoms with Crippen LogP contribution in [0.3, 0.4) is 0 Å². The summed E-state index contributed by atoms with van der Waals surface area (Å²) in [6.07, 6.45) is 4.68. The van der Waals surface area contributed by atoms with Crippen molar-refractivity contribution in [3.63, 3.8) is 0 Å². The van der Waals surface area contributed by atoms with Crippen LogP contribution in [0.15, 0.2) is 30.5 Å². The Labute approximate surface area is 147 Å². The first-order chi connectivity index (χ1) is 12.2. The molecule has 0 unspecified atom stereocenters. The molecule has 2 aromatic rings. The van der Waals surface area contributed by atoms with E-state index < -0.39 is 0 Å². The Morgan fingerprint density at radius 2 is 2.04 bits per heavy atom. The summed E-state index contributed by atoms with van der Waals surface area (Å²) in [5.74, 6) is 0.915. The van der Waals surface area contributed by atoms with Gasteiger partial charge in [-0.3, -0.25) is 9.69 Å². The third-order valence-corrected chi connectivity index (χ3v) is 4.96. The van der Waals surface area contributed by atoms with Gasteiger partial charge in [-0.1, -0.05) is 6.07 Å². The first-order valence-electron chi connectivity index (χ1n) is 8.79. The Balaban J connectivity index is 1.47. The lowest BCUT2D eigenvalue weighted by Gasteiger charge is -2.27. The van der Waals surface area contributed by atoms with Gasteiger partial charge in [-0.05, 0) is 44.1 Å². The molecule has 4 rings (SSSR count). The molecule has 25 heavy (non-hydrogen) atoms. The van der Waals surface area contributed by atoms with Crippen LogP contribution >= 0.6 is 0 Å². The fourth-order valence-corrected chi connectivity index (χ4v) is 3.63. The fraction of sp³-hybridized carbons (Fsp3) is 0.421. The Morgan fingerprint density at radius 1 is 1.20 bits per heavy atom. The largest absolute Gasteiger partial charge is 0.331 e.